The van der Waals surface area contributed by atoms with Crippen LogP contribution in [0.25, 0.3) is 11.4 Å². The Hall–Kier alpha value is -2.77. The molecule has 1 amide bonds. The maximum atomic E-state index is 12.3. The number of halogens is 1. The van der Waals surface area contributed by atoms with Gasteiger partial charge in [-0.2, -0.15) is 4.80 Å². The lowest BCUT2D eigenvalue weighted by Crippen LogP contribution is -2.23. The van der Waals surface area contributed by atoms with Crippen LogP contribution in [0.3, 0.4) is 0 Å². The Labute approximate surface area is 176 Å². The highest BCUT2D eigenvalue weighted by Gasteiger charge is 2.27. The van der Waals surface area contributed by atoms with E-state index in [4.69, 9.17) is 5.73 Å². The van der Waals surface area contributed by atoms with Gasteiger partial charge in [0.25, 0.3) is 0 Å². The van der Waals surface area contributed by atoms with Crippen LogP contribution in [0.4, 0.5) is 5.69 Å². The number of amides is 1. The number of hydrogen-bond donors (Lipinski definition) is 2. The monoisotopic (exact) mass is 412 g/mol. The summed E-state index contributed by atoms with van der Waals surface area (Å²) >= 11 is 0. The van der Waals surface area contributed by atoms with Crippen LogP contribution in [0.1, 0.15) is 24.8 Å². The van der Waals surface area contributed by atoms with Crippen LogP contribution in [-0.2, 0) is 17.8 Å². The summed E-state index contributed by atoms with van der Waals surface area (Å²) in [5.74, 6) is 0.734. The van der Waals surface area contributed by atoms with Gasteiger partial charge in [-0.15, -0.1) is 22.6 Å². The Morgan fingerprint density at radius 1 is 1.10 bits per heavy atom. The van der Waals surface area contributed by atoms with Gasteiger partial charge >= 0.3 is 0 Å². The Morgan fingerprint density at radius 3 is 2.55 bits per heavy atom. The molecule has 2 unspecified atom stereocenters. The third-order valence-electron chi connectivity index (χ3n) is 5.15. The molecule has 3 N–H and O–H groups in total. The van der Waals surface area contributed by atoms with E-state index in [0.29, 0.717) is 12.4 Å². The molecule has 2 aromatic carbocycles. The lowest BCUT2D eigenvalue weighted by molar-refractivity contribution is -0.119. The summed E-state index contributed by atoms with van der Waals surface area (Å²) in [6.07, 6.45) is 3.37. The van der Waals surface area contributed by atoms with Crippen molar-refractivity contribution in [2.45, 2.75) is 38.3 Å². The second-order valence-electron chi connectivity index (χ2n) is 7.28. The van der Waals surface area contributed by atoms with E-state index in [1.807, 2.05) is 54.6 Å². The zero-order valence-corrected chi connectivity index (χ0v) is 16.9. The average Bonchev–Trinajstić information content (AvgIpc) is 3.37. The zero-order valence-electron chi connectivity index (χ0n) is 16.1. The fourth-order valence-corrected chi connectivity index (χ4v) is 3.52. The molecular weight excluding hydrogens is 388 g/mol. The van der Waals surface area contributed by atoms with E-state index >= 15 is 0 Å². The molecular formula is C21H25ClN6O. The fraction of sp³-hybridized carbons (Fsp3) is 0.333. The Bertz CT molecular complexity index is 928. The van der Waals surface area contributed by atoms with Gasteiger partial charge in [0.15, 0.2) is 0 Å². The van der Waals surface area contributed by atoms with Crippen molar-refractivity contribution in [3.05, 3.63) is 60.2 Å². The smallest absolute Gasteiger partial charge is 0.227 e. The summed E-state index contributed by atoms with van der Waals surface area (Å²) in [7, 11) is 0. The van der Waals surface area contributed by atoms with Crippen LogP contribution in [0.5, 0.6) is 0 Å². The van der Waals surface area contributed by atoms with Crippen LogP contribution in [0, 0.1) is 5.92 Å². The number of benzene rings is 2. The van der Waals surface area contributed by atoms with Crippen LogP contribution >= 0.6 is 12.4 Å². The summed E-state index contributed by atoms with van der Waals surface area (Å²) in [6, 6.07) is 17.9. The zero-order chi connectivity index (χ0) is 19.3. The van der Waals surface area contributed by atoms with Crippen molar-refractivity contribution in [1.82, 2.24) is 20.2 Å². The fourth-order valence-electron chi connectivity index (χ4n) is 3.52. The topological polar surface area (TPSA) is 98.7 Å². The molecule has 3 aromatic rings. The largest absolute Gasteiger partial charge is 0.328 e. The lowest BCUT2D eigenvalue weighted by Gasteiger charge is -2.11. The molecule has 1 saturated carbocycles. The number of nitrogens with two attached hydrogens (primary N) is 1. The average molecular weight is 413 g/mol. The Morgan fingerprint density at radius 2 is 1.86 bits per heavy atom. The standard InChI is InChI=1S/C21H24N6O.ClH/c22-18-9-8-17(14-18)21(28)23-19-10-6-15(7-11-19)12-13-27-25-20(24-26-27)16-4-2-1-3-5-16;/h1-7,10-11,17-18H,8-9,12-14,22H2,(H,23,28);1H. The molecule has 1 aliphatic carbocycles. The molecule has 0 aliphatic heterocycles. The van der Waals surface area contributed by atoms with Crippen molar-refractivity contribution in [1.29, 1.82) is 0 Å². The molecule has 7 nitrogen and oxygen atoms in total. The van der Waals surface area contributed by atoms with Crippen LogP contribution < -0.4 is 11.1 Å². The first kappa shape index (κ1) is 21.0. The number of carbonyl (C=O) groups is 1. The predicted octanol–water partition coefficient (Wildman–Crippen LogP) is 3.07. The number of aryl methyl sites for hydroxylation is 2. The van der Waals surface area contributed by atoms with Crippen molar-refractivity contribution >= 4 is 24.0 Å². The minimum absolute atomic E-state index is 0. The van der Waals surface area contributed by atoms with Crippen molar-refractivity contribution < 1.29 is 4.79 Å². The van der Waals surface area contributed by atoms with Gasteiger partial charge in [0.05, 0.1) is 6.54 Å². The molecule has 4 rings (SSSR count). The van der Waals surface area contributed by atoms with Crippen LogP contribution in [0.15, 0.2) is 54.6 Å². The molecule has 1 aliphatic rings. The summed E-state index contributed by atoms with van der Waals surface area (Å²) < 4.78 is 0. The van der Waals surface area contributed by atoms with Crippen molar-refractivity contribution in [3.8, 4) is 11.4 Å². The van der Waals surface area contributed by atoms with E-state index in [1.165, 1.54) is 0 Å². The van der Waals surface area contributed by atoms with Gasteiger partial charge in [-0.05, 0) is 48.6 Å². The molecule has 1 fully saturated rings. The van der Waals surface area contributed by atoms with E-state index in [-0.39, 0.29) is 30.3 Å². The SMILES string of the molecule is Cl.NC1CCC(C(=O)Nc2ccc(CCn3nnc(-c4ccccc4)n3)cc2)C1. The highest BCUT2D eigenvalue weighted by atomic mass is 35.5. The quantitative estimate of drug-likeness (QED) is 0.648. The highest BCUT2D eigenvalue weighted by molar-refractivity contribution is 5.92. The normalized spacial score (nSPS) is 18.2. The second kappa shape index (κ2) is 9.62. The summed E-state index contributed by atoms with van der Waals surface area (Å²) in [4.78, 5) is 13.9. The number of anilines is 1. The maximum Gasteiger partial charge on any atom is 0.227 e. The summed E-state index contributed by atoms with van der Waals surface area (Å²) in [5.41, 5.74) is 8.82. The van der Waals surface area contributed by atoms with E-state index in [0.717, 1.165) is 42.5 Å². The molecule has 2 atom stereocenters. The highest BCUT2D eigenvalue weighted by Crippen LogP contribution is 2.25. The van der Waals surface area contributed by atoms with Gasteiger partial charge in [-0.1, -0.05) is 42.5 Å². The minimum Gasteiger partial charge on any atom is -0.328 e. The third-order valence-corrected chi connectivity index (χ3v) is 5.15. The Balaban J connectivity index is 0.00000240. The molecule has 1 heterocycles. The van der Waals surface area contributed by atoms with E-state index in [9.17, 15) is 4.79 Å². The first-order chi connectivity index (χ1) is 13.7. The van der Waals surface area contributed by atoms with Crippen molar-refractivity contribution in [2.75, 3.05) is 5.32 Å². The number of nitrogens with one attached hydrogen (secondary N) is 1. The maximum absolute atomic E-state index is 12.3. The van der Waals surface area contributed by atoms with Gasteiger partial charge in [0.1, 0.15) is 0 Å². The van der Waals surface area contributed by atoms with Crippen molar-refractivity contribution in [2.24, 2.45) is 11.7 Å². The molecule has 0 spiro atoms. The summed E-state index contributed by atoms with van der Waals surface area (Å²) in [5, 5.41) is 15.7. The number of nitrogens with zero attached hydrogens (tertiary/aromatic N) is 4. The number of tetrazole rings is 1. The first-order valence-electron chi connectivity index (χ1n) is 9.66. The first-order valence-corrected chi connectivity index (χ1v) is 9.66. The number of aromatic nitrogens is 4. The van der Waals surface area contributed by atoms with Crippen molar-refractivity contribution in [3.63, 3.8) is 0 Å². The number of carbonyl (C=O) groups excluding carboxylic acids is 1. The summed E-state index contributed by atoms with van der Waals surface area (Å²) in [6.45, 7) is 0.644. The molecule has 0 radical (unpaired) electrons. The minimum atomic E-state index is 0. The molecule has 1 aromatic heterocycles. The van der Waals surface area contributed by atoms with E-state index in [1.54, 1.807) is 4.80 Å². The molecule has 0 saturated heterocycles. The predicted molar refractivity (Wildman–Crippen MR) is 115 cm³/mol. The van der Waals surface area contributed by atoms with E-state index < -0.39 is 0 Å². The molecule has 8 heteroatoms. The van der Waals surface area contributed by atoms with Gasteiger partial charge in [-0.25, -0.2) is 0 Å². The van der Waals surface area contributed by atoms with Gasteiger partial charge in [0.2, 0.25) is 11.7 Å². The third kappa shape index (κ3) is 5.40. The second-order valence-corrected chi connectivity index (χ2v) is 7.28. The molecule has 0 bridgehead atoms. The number of rotatable bonds is 6. The molecule has 29 heavy (non-hydrogen) atoms. The van der Waals surface area contributed by atoms with Gasteiger partial charge in [0, 0.05) is 23.2 Å². The van der Waals surface area contributed by atoms with Gasteiger partial charge in [-0.3, -0.25) is 4.79 Å². The molecule has 152 valence electrons. The van der Waals surface area contributed by atoms with Crippen LogP contribution in [-0.4, -0.2) is 32.2 Å². The Kier molecular flexibility index (Phi) is 6.95. The van der Waals surface area contributed by atoms with Crippen LogP contribution in [0.2, 0.25) is 0 Å². The number of hydrogen-bond acceptors (Lipinski definition) is 5. The lowest BCUT2D eigenvalue weighted by atomic mass is 10.1. The van der Waals surface area contributed by atoms with Gasteiger partial charge < -0.3 is 11.1 Å². The van der Waals surface area contributed by atoms with E-state index in [2.05, 4.69) is 20.7 Å².